The van der Waals surface area contributed by atoms with E-state index in [-0.39, 0.29) is 10.6 Å². The van der Waals surface area contributed by atoms with Gasteiger partial charge in [0.05, 0.1) is 12.2 Å². The number of halogens is 2. The van der Waals surface area contributed by atoms with Gasteiger partial charge in [-0.2, -0.15) is 0 Å². The van der Waals surface area contributed by atoms with Gasteiger partial charge in [-0.1, -0.05) is 17.7 Å². The van der Waals surface area contributed by atoms with Gasteiger partial charge in [-0.25, -0.2) is 4.39 Å². The summed E-state index contributed by atoms with van der Waals surface area (Å²) in [7, 11) is 0. The SMILES string of the molecule is CCOc1cccc(NC(=O)c2ccc(Cl)cc2F)c1. The third-order valence-electron chi connectivity index (χ3n) is 2.58. The van der Waals surface area contributed by atoms with Crippen LogP contribution in [0.4, 0.5) is 10.1 Å². The minimum atomic E-state index is -0.657. The molecule has 1 amide bonds. The smallest absolute Gasteiger partial charge is 0.258 e. The third-order valence-corrected chi connectivity index (χ3v) is 2.81. The monoisotopic (exact) mass is 293 g/mol. The summed E-state index contributed by atoms with van der Waals surface area (Å²) in [5, 5.41) is 2.86. The molecule has 2 aromatic carbocycles. The summed E-state index contributed by atoms with van der Waals surface area (Å²) >= 11 is 5.65. The van der Waals surface area contributed by atoms with Crippen LogP contribution < -0.4 is 10.1 Å². The van der Waals surface area contributed by atoms with Gasteiger partial charge in [0.2, 0.25) is 0 Å². The first-order chi connectivity index (χ1) is 9.60. The summed E-state index contributed by atoms with van der Waals surface area (Å²) in [6.07, 6.45) is 0. The first kappa shape index (κ1) is 14.3. The molecule has 0 spiro atoms. The Morgan fingerprint density at radius 3 is 2.80 bits per heavy atom. The number of carbonyl (C=O) groups excluding carboxylic acids is 1. The highest BCUT2D eigenvalue weighted by Crippen LogP contribution is 2.20. The van der Waals surface area contributed by atoms with Crippen molar-refractivity contribution >= 4 is 23.2 Å². The highest BCUT2D eigenvalue weighted by molar-refractivity contribution is 6.30. The molecule has 0 fully saturated rings. The van der Waals surface area contributed by atoms with E-state index in [1.807, 2.05) is 6.92 Å². The number of amides is 1. The van der Waals surface area contributed by atoms with Crippen molar-refractivity contribution in [3.8, 4) is 5.75 Å². The van der Waals surface area contributed by atoms with E-state index < -0.39 is 11.7 Å². The molecular formula is C15H13ClFNO2. The van der Waals surface area contributed by atoms with Gasteiger partial charge in [0.25, 0.3) is 5.91 Å². The first-order valence-electron chi connectivity index (χ1n) is 6.09. The highest BCUT2D eigenvalue weighted by Gasteiger charge is 2.12. The van der Waals surface area contributed by atoms with Crippen molar-refractivity contribution in [2.45, 2.75) is 6.92 Å². The lowest BCUT2D eigenvalue weighted by Gasteiger charge is -2.08. The molecule has 104 valence electrons. The average Bonchev–Trinajstić information content (AvgIpc) is 2.39. The molecule has 0 bridgehead atoms. The van der Waals surface area contributed by atoms with Crippen LogP contribution in [0.5, 0.6) is 5.75 Å². The van der Waals surface area contributed by atoms with Gasteiger partial charge >= 0.3 is 0 Å². The minimum absolute atomic E-state index is 0.0591. The van der Waals surface area contributed by atoms with E-state index in [1.165, 1.54) is 12.1 Å². The van der Waals surface area contributed by atoms with Crippen molar-refractivity contribution in [1.29, 1.82) is 0 Å². The van der Waals surface area contributed by atoms with E-state index >= 15 is 0 Å². The first-order valence-corrected chi connectivity index (χ1v) is 6.47. The number of hydrogen-bond acceptors (Lipinski definition) is 2. The second-order valence-corrected chi connectivity index (χ2v) is 4.48. The molecule has 20 heavy (non-hydrogen) atoms. The Labute approximate surface area is 121 Å². The highest BCUT2D eigenvalue weighted by atomic mass is 35.5. The molecule has 1 N–H and O–H groups in total. The number of hydrogen-bond donors (Lipinski definition) is 1. The number of nitrogens with one attached hydrogen (secondary N) is 1. The topological polar surface area (TPSA) is 38.3 Å². The van der Waals surface area contributed by atoms with E-state index in [0.29, 0.717) is 18.0 Å². The fourth-order valence-corrected chi connectivity index (χ4v) is 1.86. The van der Waals surface area contributed by atoms with E-state index in [1.54, 1.807) is 24.3 Å². The molecule has 2 rings (SSSR count). The predicted octanol–water partition coefficient (Wildman–Crippen LogP) is 4.13. The molecule has 0 aliphatic carbocycles. The van der Waals surface area contributed by atoms with E-state index in [2.05, 4.69) is 5.32 Å². The van der Waals surface area contributed by atoms with Crippen molar-refractivity contribution in [3.63, 3.8) is 0 Å². The number of anilines is 1. The zero-order valence-electron chi connectivity index (χ0n) is 10.8. The molecule has 5 heteroatoms. The third kappa shape index (κ3) is 3.48. The molecule has 2 aromatic rings. The number of ether oxygens (including phenoxy) is 1. The van der Waals surface area contributed by atoms with Crippen LogP contribution in [0.15, 0.2) is 42.5 Å². The maximum Gasteiger partial charge on any atom is 0.258 e. The quantitative estimate of drug-likeness (QED) is 0.920. The number of rotatable bonds is 4. The average molecular weight is 294 g/mol. The maximum atomic E-state index is 13.6. The zero-order chi connectivity index (χ0) is 14.5. The molecule has 0 heterocycles. The molecule has 3 nitrogen and oxygen atoms in total. The van der Waals surface area contributed by atoms with Crippen LogP contribution in [-0.2, 0) is 0 Å². The van der Waals surface area contributed by atoms with Gasteiger partial charge in [0.15, 0.2) is 0 Å². The molecule has 0 aliphatic rings. The van der Waals surface area contributed by atoms with Crippen LogP contribution in [0.1, 0.15) is 17.3 Å². The predicted molar refractivity (Wildman–Crippen MR) is 77.0 cm³/mol. The normalized spacial score (nSPS) is 10.2. The molecular weight excluding hydrogens is 281 g/mol. The summed E-state index contributed by atoms with van der Waals surface area (Å²) < 4.78 is 19.0. The van der Waals surface area contributed by atoms with Gasteiger partial charge in [-0.15, -0.1) is 0 Å². The Bertz CT molecular complexity index is 631. The van der Waals surface area contributed by atoms with Crippen LogP contribution in [0.3, 0.4) is 0 Å². The molecule has 0 saturated heterocycles. The lowest BCUT2D eigenvalue weighted by atomic mass is 10.2. The zero-order valence-corrected chi connectivity index (χ0v) is 11.6. The Morgan fingerprint density at radius 2 is 2.10 bits per heavy atom. The lowest BCUT2D eigenvalue weighted by molar-refractivity contribution is 0.102. The lowest BCUT2D eigenvalue weighted by Crippen LogP contribution is -2.13. The van der Waals surface area contributed by atoms with Crippen LogP contribution in [0.2, 0.25) is 5.02 Å². The summed E-state index contributed by atoms with van der Waals surface area (Å²) in [5.74, 6) is -0.550. The van der Waals surface area contributed by atoms with Gasteiger partial charge in [-0.05, 0) is 37.3 Å². The van der Waals surface area contributed by atoms with Crippen LogP contribution in [0.25, 0.3) is 0 Å². The molecule has 0 aromatic heterocycles. The van der Waals surface area contributed by atoms with Crippen molar-refractivity contribution in [3.05, 3.63) is 58.9 Å². The summed E-state index contributed by atoms with van der Waals surface area (Å²) in [5.41, 5.74) is 0.478. The molecule has 0 radical (unpaired) electrons. The molecule has 0 atom stereocenters. The Hall–Kier alpha value is -2.07. The Balaban J connectivity index is 2.17. The van der Waals surface area contributed by atoms with Gasteiger partial charge in [0, 0.05) is 16.8 Å². The van der Waals surface area contributed by atoms with Gasteiger partial charge in [0.1, 0.15) is 11.6 Å². The van der Waals surface area contributed by atoms with Crippen molar-refractivity contribution < 1.29 is 13.9 Å². The van der Waals surface area contributed by atoms with E-state index in [9.17, 15) is 9.18 Å². The van der Waals surface area contributed by atoms with Crippen LogP contribution in [0, 0.1) is 5.82 Å². The standard InChI is InChI=1S/C15H13ClFNO2/c1-2-20-12-5-3-4-11(9-12)18-15(19)13-7-6-10(16)8-14(13)17/h3-9H,2H2,1H3,(H,18,19). The fraction of sp³-hybridized carbons (Fsp3) is 0.133. The van der Waals surface area contributed by atoms with Crippen molar-refractivity contribution in [2.75, 3.05) is 11.9 Å². The Morgan fingerprint density at radius 1 is 1.30 bits per heavy atom. The van der Waals surface area contributed by atoms with E-state index in [4.69, 9.17) is 16.3 Å². The van der Waals surface area contributed by atoms with E-state index in [0.717, 1.165) is 6.07 Å². The van der Waals surface area contributed by atoms with Gasteiger partial charge in [-0.3, -0.25) is 4.79 Å². The summed E-state index contributed by atoms with van der Waals surface area (Å²) in [6, 6.07) is 10.8. The number of carbonyl (C=O) groups is 1. The largest absolute Gasteiger partial charge is 0.494 e. The number of benzene rings is 2. The van der Waals surface area contributed by atoms with Crippen molar-refractivity contribution in [2.24, 2.45) is 0 Å². The molecule has 0 saturated carbocycles. The summed E-state index contributed by atoms with van der Waals surface area (Å²) in [6.45, 7) is 2.40. The maximum absolute atomic E-state index is 13.6. The van der Waals surface area contributed by atoms with Gasteiger partial charge < -0.3 is 10.1 Å². The molecule has 0 unspecified atom stereocenters. The Kier molecular flexibility index (Phi) is 4.58. The molecule has 0 aliphatic heterocycles. The van der Waals surface area contributed by atoms with Crippen molar-refractivity contribution in [1.82, 2.24) is 0 Å². The summed E-state index contributed by atoms with van der Waals surface area (Å²) in [4.78, 5) is 12.0. The second kappa shape index (κ2) is 6.39. The second-order valence-electron chi connectivity index (χ2n) is 4.04. The minimum Gasteiger partial charge on any atom is -0.494 e. The fourth-order valence-electron chi connectivity index (χ4n) is 1.70. The van der Waals surface area contributed by atoms with Crippen LogP contribution in [-0.4, -0.2) is 12.5 Å². The van der Waals surface area contributed by atoms with Crippen LogP contribution >= 0.6 is 11.6 Å².